The van der Waals surface area contributed by atoms with E-state index in [4.69, 9.17) is 10.6 Å². The number of anilines is 1. The third kappa shape index (κ3) is 3.67. The first-order chi connectivity index (χ1) is 7.69. The molecule has 0 atom stereocenters. The normalized spacial score (nSPS) is 11.4. The highest BCUT2D eigenvalue weighted by Gasteiger charge is 2.14. The zero-order valence-electron chi connectivity index (χ0n) is 9.93. The quantitative estimate of drug-likeness (QED) is 0.543. The standard InChI is InChI=1S/C9H19N5OS/c1-7(2)14(4-5-15-3)6-8-9(11-10)16-13-12-8/h7,11H,4-6,10H2,1-3H3. The zero-order chi connectivity index (χ0) is 12.0. The largest absolute Gasteiger partial charge is 0.383 e. The maximum Gasteiger partial charge on any atom is 0.148 e. The van der Waals surface area contributed by atoms with Crippen molar-refractivity contribution in [2.45, 2.75) is 26.4 Å². The molecule has 0 radical (unpaired) electrons. The Kier molecular flexibility index (Phi) is 5.61. The SMILES string of the molecule is COCCN(Cc1nnsc1NN)C(C)C. The molecule has 0 aliphatic carbocycles. The Balaban J connectivity index is 2.60. The van der Waals surface area contributed by atoms with E-state index in [2.05, 4.69) is 33.8 Å². The van der Waals surface area contributed by atoms with E-state index < -0.39 is 0 Å². The lowest BCUT2D eigenvalue weighted by Gasteiger charge is -2.25. The van der Waals surface area contributed by atoms with E-state index in [1.54, 1.807) is 7.11 Å². The maximum atomic E-state index is 5.38. The summed E-state index contributed by atoms with van der Waals surface area (Å²) < 4.78 is 8.96. The van der Waals surface area contributed by atoms with Gasteiger partial charge in [0.05, 0.1) is 6.61 Å². The molecule has 0 aliphatic rings. The van der Waals surface area contributed by atoms with Crippen LogP contribution in [0.15, 0.2) is 0 Å². The number of hydrogen-bond donors (Lipinski definition) is 2. The van der Waals surface area contributed by atoms with Crippen molar-refractivity contribution in [3.63, 3.8) is 0 Å². The molecule has 0 fully saturated rings. The molecular formula is C9H19N5OS. The minimum atomic E-state index is 0.433. The molecule has 0 saturated carbocycles. The van der Waals surface area contributed by atoms with Crippen LogP contribution in [0.25, 0.3) is 0 Å². The lowest BCUT2D eigenvalue weighted by molar-refractivity contribution is 0.124. The number of ether oxygens (including phenoxy) is 1. The number of methoxy groups -OCH3 is 1. The fraction of sp³-hybridized carbons (Fsp3) is 0.778. The van der Waals surface area contributed by atoms with Crippen LogP contribution in [0.2, 0.25) is 0 Å². The van der Waals surface area contributed by atoms with Crippen molar-refractivity contribution >= 4 is 16.5 Å². The van der Waals surface area contributed by atoms with Crippen LogP contribution in [-0.4, -0.2) is 40.8 Å². The van der Waals surface area contributed by atoms with Crippen molar-refractivity contribution in [3.05, 3.63) is 5.69 Å². The van der Waals surface area contributed by atoms with Gasteiger partial charge in [-0.25, -0.2) is 5.84 Å². The van der Waals surface area contributed by atoms with Crippen molar-refractivity contribution in [1.29, 1.82) is 0 Å². The Morgan fingerprint density at radius 1 is 1.56 bits per heavy atom. The number of hydrazine groups is 1. The van der Waals surface area contributed by atoms with E-state index in [0.717, 1.165) is 23.8 Å². The molecule has 3 N–H and O–H groups in total. The zero-order valence-corrected chi connectivity index (χ0v) is 10.8. The van der Waals surface area contributed by atoms with Gasteiger partial charge < -0.3 is 10.2 Å². The monoisotopic (exact) mass is 245 g/mol. The number of nitrogens with one attached hydrogen (secondary N) is 1. The second-order valence-electron chi connectivity index (χ2n) is 3.75. The Hall–Kier alpha value is -0.760. The Morgan fingerprint density at radius 2 is 2.31 bits per heavy atom. The van der Waals surface area contributed by atoms with Gasteiger partial charge in [0, 0.05) is 37.8 Å². The number of rotatable bonds is 7. The molecule has 0 saturated heterocycles. The average Bonchev–Trinajstić information content (AvgIpc) is 2.70. The lowest BCUT2D eigenvalue weighted by Crippen LogP contribution is -2.33. The van der Waals surface area contributed by atoms with Gasteiger partial charge in [0.1, 0.15) is 10.7 Å². The van der Waals surface area contributed by atoms with Crippen LogP contribution in [0.1, 0.15) is 19.5 Å². The first kappa shape index (κ1) is 13.3. The van der Waals surface area contributed by atoms with E-state index in [9.17, 15) is 0 Å². The number of nitrogens with zero attached hydrogens (tertiary/aromatic N) is 3. The first-order valence-corrected chi connectivity index (χ1v) is 5.97. The van der Waals surface area contributed by atoms with Gasteiger partial charge in [-0.2, -0.15) is 0 Å². The van der Waals surface area contributed by atoms with E-state index in [0.29, 0.717) is 12.6 Å². The summed E-state index contributed by atoms with van der Waals surface area (Å²) in [6.07, 6.45) is 0. The Morgan fingerprint density at radius 3 is 2.88 bits per heavy atom. The van der Waals surface area contributed by atoms with Gasteiger partial charge >= 0.3 is 0 Å². The smallest absolute Gasteiger partial charge is 0.148 e. The van der Waals surface area contributed by atoms with Gasteiger partial charge in [-0.1, -0.05) is 4.49 Å². The number of nitrogen functional groups attached to an aromatic ring is 1. The van der Waals surface area contributed by atoms with Crippen molar-refractivity contribution in [2.24, 2.45) is 5.84 Å². The van der Waals surface area contributed by atoms with Gasteiger partial charge in [0.25, 0.3) is 0 Å². The van der Waals surface area contributed by atoms with E-state index >= 15 is 0 Å². The molecule has 0 spiro atoms. The van der Waals surface area contributed by atoms with Crippen LogP contribution in [0.4, 0.5) is 5.00 Å². The second kappa shape index (κ2) is 6.74. The van der Waals surface area contributed by atoms with Crippen molar-refractivity contribution in [1.82, 2.24) is 14.5 Å². The van der Waals surface area contributed by atoms with E-state index in [1.165, 1.54) is 11.5 Å². The maximum absolute atomic E-state index is 5.38. The van der Waals surface area contributed by atoms with Gasteiger partial charge in [0.15, 0.2) is 0 Å². The van der Waals surface area contributed by atoms with E-state index in [-0.39, 0.29) is 0 Å². The molecule has 0 bridgehead atoms. The summed E-state index contributed by atoms with van der Waals surface area (Å²) in [7, 11) is 1.70. The van der Waals surface area contributed by atoms with Crippen LogP contribution in [0.5, 0.6) is 0 Å². The fourth-order valence-corrected chi connectivity index (χ4v) is 1.83. The predicted molar refractivity (Wildman–Crippen MR) is 65.1 cm³/mol. The molecule has 1 aromatic heterocycles. The number of aromatic nitrogens is 2. The fourth-order valence-electron chi connectivity index (χ4n) is 1.34. The van der Waals surface area contributed by atoms with Gasteiger partial charge in [0.2, 0.25) is 0 Å². The molecule has 0 aromatic carbocycles. The van der Waals surface area contributed by atoms with Crippen molar-refractivity contribution < 1.29 is 4.74 Å². The minimum Gasteiger partial charge on any atom is -0.383 e. The van der Waals surface area contributed by atoms with Crippen molar-refractivity contribution in [2.75, 3.05) is 25.7 Å². The predicted octanol–water partition coefficient (Wildman–Crippen LogP) is 0.680. The number of nitrogens with two attached hydrogens (primary N) is 1. The average molecular weight is 245 g/mol. The molecule has 6 nitrogen and oxygen atoms in total. The molecule has 0 aliphatic heterocycles. The molecule has 1 aromatic rings. The Labute approximate surface area is 99.9 Å². The molecule has 16 heavy (non-hydrogen) atoms. The molecular weight excluding hydrogens is 226 g/mol. The molecule has 0 unspecified atom stereocenters. The van der Waals surface area contributed by atoms with Crippen LogP contribution >= 0.6 is 11.5 Å². The summed E-state index contributed by atoms with van der Waals surface area (Å²) in [5, 5.41) is 4.88. The van der Waals surface area contributed by atoms with Crippen LogP contribution in [0, 0.1) is 0 Å². The highest BCUT2D eigenvalue weighted by molar-refractivity contribution is 7.10. The van der Waals surface area contributed by atoms with Crippen LogP contribution in [0.3, 0.4) is 0 Å². The highest BCUT2D eigenvalue weighted by Crippen LogP contribution is 2.18. The minimum absolute atomic E-state index is 0.433. The van der Waals surface area contributed by atoms with E-state index in [1.807, 2.05) is 0 Å². The summed E-state index contributed by atoms with van der Waals surface area (Å²) in [5.41, 5.74) is 3.50. The molecule has 1 heterocycles. The molecule has 92 valence electrons. The highest BCUT2D eigenvalue weighted by atomic mass is 32.1. The number of hydrogen-bond acceptors (Lipinski definition) is 7. The summed E-state index contributed by atoms with van der Waals surface area (Å²) in [5.74, 6) is 5.38. The van der Waals surface area contributed by atoms with Crippen molar-refractivity contribution in [3.8, 4) is 0 Å². The molecule has 0 amide bonds. The third-order valence-corrected chi connectivity index (χ3v) is 3.05. The van der Waals surface area contributed by atoms with Crippen LogP contribution in [-0.2, 0) is 11.3 Å². The van der Waals surface area contributed by atoms with Gasteiger partial charge in [-0.05, 0) is 13.8 Å². The lowest BCUT2D eigenvalue weighted by atomic mass is 10.3. The summed E-state index contributed by atoms with van der Waals surface area (Å²) in [6.45, 7) is 6.60. The summed E-state index contributed by atoms with van der Waals surface area (Å²) in [4.78, 5) is 2.26. The van der Waals surface area contributed by atoms with Gasteiger partial charge in [-0.15, -0.1) is 5.10 Å². The summed E-state index contributed by atoms with van der Waals surface area (Å²) in [6, 6.07) is 0.433. The second-order valence-corrected chi connectivity index (χ2v) is 4.50. The molecule has 7 heteroatoms. The third-order valence-electron chi connectivity index (χ3n) is 2.35. The summed E-state index contributed by atoms with van der Waals surface area (Å²) >= 11 is 1.27. The van der Waals surface area contributed by atoms with Crippen LogP contribution < -0.4 is 11.3 Å². The molecule has 1 rings (SSSR count). The van der Waals surface area contributed by atoms with Gasteiger partial charge in [-0.3, -0.25) is 4.90 Å². The Bertz CT molecular complexity index is 304. The first-order valence-electron chi connectivity index (χ1n) is 5.19. The topological polar surface area (TPSA) is 76.3 Å².